The van der Waals surface area contributed by atoms with Gasteiger partial charge in [-0.1, -0.05) is 53.3 Å². The van der Waals surface area contributed by atoms with Crippen molar-refractivity contribution in [2.75, 3.05) is 0 Å². The van der Waals surface area contributed by atoms with Gasteiger partial charge in [0.15, 0.2) is 5.16 Å². The third-order valence-electron chi connectivity index (χ3n) is 3.88. The summed E-state index contributed by atoms with van der Waals surface area (Å²) >= 11 is 3.14. The summed E-state index contributed by atoms with van der Waals surface area (Å²) < 4.78 is 7.43. The fourth-order valence-corrected chi connectivity index (χ4v) is 4.03. The Morgan fingerprint density at radius 1 is 1.19 bits per heavy atom. The minimum atomic E-state index is 0.539. The van der Waals surface area contributed by atoms with Crippen LogP contribution < -0.4 is 0 Å². The largest absolute Gasteiger partial charge is 0.338 e. The molecule has 27 heavy (non-hydrogen) atoms. The van der Waals surface area contributed by atoms with E-state index in [4.69, 9.17) is 4.52 Å². The van der Waals surface area contributed by atoms with Gasteiger partial charge in [0.05, 0.1) is 5.75 Å². The predicted octanol–water partition coefficient (Wildman–Crippen LogP) is 4.46. The normalized spacial score (nSPS) is 11.0. The summed E-state index contributed by atoms with van der Waals surface area (Å²) in [6, 6.07) is 12.2. The van der Waals surface area contributed by atoms with E-state index in [-0.39, 0.29) is 0 Å². The summed E-state index contributed by atoms with van der Waals surface area (Å²) in [6.45, 7) is 4.50. The quantitative estimate of drug-likeness (QED) is 0.324. The summed E-state index contributed by atoms with van der Waals surface area (Å²) in [5.41, 5.74) is 2.17. The molecule has 0 aliphatic heterocycles. The predicted molar refractivity (Wildman–Crippen MR) is 107 cm³/mol. The van der Waals surface area contributed by atoms with Crippen LogP contribution in [0.4, 0.5) is 0 Å². The zero-order chi connectivity index (χ0) is 18.5. The van der Waals surface area contributed by atoms with Crippen LogP contribution >= 0.6 is 23.1 Å². The Balaban J connectivity index is 1.48. The van der Waals surface area contributed by atoms with E-state index in [0.717, 1.165) is 23.0 Å². The van der Waals surface area contributed by atoms with Crippen LogP contribution in [0.5, 0.6) is 0 Å². The standard InChI is InChI=1S/C19H17N5OS2/c1-2-9-24-16(11-14-6-4-3-5-7-14)21-22-19(24)27-13-17-20-18(23-25-17)15-8-10-26-12-15/h2-8,10,12H,1,9,11,13H2. The van der Waals surface area contributed by atoms with Gasteiger partial charge in [0.25, 0.3) is 0 Å². The second kappa shape index (κ2) is 8.32. The van der Waals surface area contributed by atoms with Gasteiger partial charge in [-0.25, -0.2) is 0 Å². The van der Waals surface area contributed by atoms with Gasteiger partial charge in [0.2, 0.25) is 11.7 Å². The third-order valence-corrected chi connectivity index (χ3v) is 5.52. The van der Waals surface area contributed by atoms with E-state index in [1.165, 1.54) is 17.3 Å². The molecule has 4 aromatic rings. The molecule has 8 heteroatoms. The number of hydrogen-bond donors (Lipinski definition) is 0. The molecule has 0 amide bonds. The molecule has 0 atom stereocenters. The van der Waals surface area contributed by atoms with Crippen LogP contribution in [-0.2, 0) is 18.7 Å². The molecule has 136 valence electrons. The van der Waals surface area contributed by atoms with Crippen LogP contribution in [0.25, 0.3) is 11.4 Å². The minimum absolute atomic E-state index is 0.539. The molecule has 6 nitrogen and oxygen atoms in total. The number of aromatic nitrogens is 5. The Labute approximate surface area is 165 Å². The molecular weight excluding hydrogens is 378 g/mol. The van der Waals surface area contributed by atoms with Crippen molar-refractivity contribution in [1.82, 2.24) is 24.9 Å². The van der Waals surface area contributed by atoms with Crippen molar-refractivity contribution in [1.29, 1.82) is 0 Å². The van der Waals surface area contributed by atoms with Crippen LogP contribution in [-0.4, -0.2) is 24.9 Å². The van der Waals surface area contributed by atoms with Crippen LogP contribution in [0.2, 0.25) is 0 Å². The maximum atomic E-state index is 5.36. The summed E-state index contributed by atoms with van der Waals surface area (Å²) in [6.07, 6.45) is 2.58. The Morgan fingerprint density at radius 3 is 2.85 bits per heavy atom. The molecule has 0 saturated carbocycles. The highest BCUT2D eigenvalue weighted by Gasteiger charge is 2.15. The fraction of sp³-hybridized carbons (Fsp3) is 0.158. The second-order valence-electron chi connectivity index (χ2n) is 5.77. The average molecular weight is 396 g/mol. The first kappa shape index (κ1) is 17.7. The van der Waals surface area contributed by atoms with Crippen LogP contribution in [0.1, 0.15) is 17.3 Å². The minimum Gasteiger partial charge on any atom is -0.338 e. The number of thiophene rings is 1. The van der Waals surface area contributed by atoms with Crippen molar-refractivity contribution in [3.8, 4) is 11.4 Å². The maximum Gasteiger partial charge on any atom is 0.237 e. The molecule has 0 saturated heterocycles. The summed E-state index contributed by atoms with van der Waals surface area (Å²) in [5, 5.41) is 17.6. The van der Waals surface area contributed by atoms with Crippen molar-refractivity contribution in [3.63, 3.8) is 0 Å². The van der Waals surface area contributed by atoms with Crippen LogP contribution in [0.15, 0.2) is 69.5 Å². The highest BCUT2D eigenvalue weighted by molar-refractivity contribution is 7.98. The number of thioether (sulfide) groups is 1. The third kappa shape index (κ3) is 4.17. The molecule has 0 bridgehead atoms. The molecule has 0 spiro atoms. The Morgan fingerprint density at radius 2 is 2.07 bits per heavy atom. The fourth-order valence-electron chi connectivity index (χ4n) is 2.60. The Kier molecular flexibility index (Phi) is 5.45. The first-order chi connectivity index (χ1) is 13.3. The molecular formula is C19H17N5OS2. The van der Waals surface area contributed by atoms with E-state index in [0.29, 0.717) is 24.0 Å². The molecule has 0 aliphatic carbocycles. The van der Waals surface area contributed by atoms with Crippen LogP contribution in [0.3, 0.4) is 0 Å². The van der Waals surface area contributed by atoms with Gasteiger partial charge in [0.1, 0.15) is 5.82 Å². The first-order valence-corrected chi connectivity index (χ1v) is 10.3. The smallest absolute Gasteiger partial charge is 0.237 e. The Bertz CT molecular complexity index is 1010. The monoisotopic (exact) mass is 395 g/mol. The van der Waals surface area contributed by atoms with E-state index in [1.54, 1.807) is 11.3 Å². The topological polar surface area (TPSA) is 69.6 Å². The van der Waals surface area contributed by atoms with E-state index in [1.807, 2.05) is 41.1 Å². The lowest BCUT2D eigenvalue weighted by molar-refractivity contribution is 0.391. The molecule has 3 heterocycles. The van der Waals surface area contributed by atoms with E-state index < -0.39 is 0 Å². The summed E-state index contributed by atoms with van der Waals surface area (Å²) in [4.78, 5) is 4.45. The highest BCUT2D eigenvalue weighted by Crippen LogP contribution is 2.24. The molecule has 0 aliphatic rings. The molecule has 1 aromatic carbocycles. The number of hydrogen-bond acceptors (Lipinski definition) is 7. The van der Waals surface area contributed by atoms with Gasteiger partial charge < -0.3 is 9.09 Å². The molecule has 0 fully saturated rings. The molecule has 3 aromatic heterocycles. The lowest BCUT2D eigenvalue weighted by atomic mass is 10.1. The van der Waals surface area contributed by atoms with E-state index in [2.05, 4.69) is 43.6 Å². The first-order valence-electron chi connectivity index (χ1n) is 8.38. The molecule has 0 N–H and O–H groups in total. The second-order valence-corrected chi connectivity index (χ2v) is 7.50. The number of allylic oxidation sites excluding steroid dienone is 1. The van der Waals surface area contributed by atoms with E-state index >= 15 is 0 Å². The van der Waals surface area contributed by atoms with Gasteiger partial charge in [0, 0.05) is 23.9 Å². The highest BCUT2D eigenvalue weighted by atomic mass is 32.2. The van der Waals surface area contributed by atoms with Crippen molar-refractivity contribution in [2.45, 2.75) is 23.9 Å². The van der Waals surface area contributed by atoms with Crippen molar-refractivity contribution < 1.29 is 4.52 Å². The van der Waals surface area contributed by atoms with Crippen molar-refractivity contribution >= 4 is 23.1 Å². The number of rotatable bonds is 8. The van der Waals surface area contributed by atoms with Gasteiger partial charge >= 0.3 is 0 Å². The van der Waals surface area contributed by atoms with E-state index in [9.17, 15) is 0 Å². The zero-order valence-electron chi connectivity index (χ0n) is 14.5. The van der Waals surface area contributed by atoms with Crippen molar-refractivity contribution in [2.24, 2.45) is 0 Å². The SMILES string of the molecule is C=CCn1c(Cc2ccccc2)nnc1SCc1nc(-c2ccsc2)no1. The lowest BCUT2D eigenvalue weighted by Crippen LogP contribution is -2.04. The number of nitrogens with zero attached hydrogens (tertiary/aromatic N) is 5. The van der Waals surface area contributed by atoms with Gasteiger partial charge in [-0.3, -0.25) is 0 Å². The average Bonchev–Trinajstić information content (AvgIpc) is 3.43. The van der Waals surface area contributed by atoms with Gasteiger partial charge in [-0.05, 0) is 17.0 Å². The molecule has 0 radical (unpaired) electrons. The van der Waals surface area contributed by atoms with Gasteiger partial charge in [-0.15, -0.1) is 16.8 Å². The Hall–Kier alpha value is -2.71. The van der Waals surface area contributed by atoms with Gasteiger partial charge in [-0.2, -0.15) is 16.3 Å². The van der Waals surface area contributed by atoms with Crippen LogP contribution in [0, 0.1) is 0 Å². The molecule has 0 unspecified atom stereocenters. The summed E-state index contributed by atoms with van der Waals surface area (Å²) in [7, 11) is 0. The van der Waals surface area contributed by atoms with Crippen molar-refractivity contribution in [3.05, 3.63) is 77.1 Å². The lowest BCUT2D eigenvalue weighted by Gasteiger charge is -2.07. The molecule has 4 rings (SSSR count). The zero-order valence-corrected chi connectivity index (χ0v) is 16.1. The summed E-state index contributed by atoms with van der Waals surface area (Å²) in [5.74, 6) is 2.63. The maximum absolute atomic E-state index is 5.36. The number of benzene rings is 1.